The van der Waals surface area contributed by atoms with Gasteiger partial charge in [0, 0.05) is 18.9 Å². The third kappa shape index (κ3) is 7.57. The molecule has 1 aliphatic heterocycles. The number of aliphatic imine (C=N–C) groups is 1. The summed E-state index contributed by atoms with van der Waals surface area (Å²) in [6, 6.07) is 13.2. The van der Waals surface area contributed by atoms with E-state index < -0.39 is 6.36 Å². The number of halogens is 3. The fraction of sp³-hybridized carbons (Fsp3) is 0.381. The molecule has 0 aromatic heterocycles. The van der Waals surface area contributed by atoms with Crippen LogP contribution in [-0.2, 0) is 22.6 Å². The molecule has 6 nitrogen and oxygen atoms in total. The summed E-state index contributed by atoms with van der Waals surface area (Å²) in [4.78, 5) is 4.28. The van der Waals surface area contributed by atoms with Crippen molar-refractivity contribution in [2.45, 2.75) is 38.5 Å². The molecule has 9 heteroatoms. The van der Waals surface area contributed by atoms with Gasteiger partial charge in [-0.05, 0) is 48.2 Å². The van der Waals surface area contributed by atoms with Gasteiger partial charge in [-0.2, -0.15) is 0 Å². The number of hydrogen-bond acceptors (Lipinski definition) is 4. The maximum atomic E-state index is 12.2. The van der Waals surface area contributed by atoms with Crippen LogP contribution in [0.25, 0.3) is 0 Å². The molecule has 2 aromatic carbocycles. The number of nitrogens with one attached hydrogen (secondary N) is 1. The molecule has 0 spiro atoms. The average molecular weight is 423 g/mol. The first-order valence-corrected chi connectivity index (χ1v) is 9.57. The zero-order valence-corrected chi connectivity index (χ0v) is 16.3. The molecule has 1 heterocycles. The van der Waals surface area contributed by atoms with Crippen molar-refractivity contribution in [3.63, 3.8) is 0 Å². The van der Waals surface area contributed by atoms with E-state index in [0.717, 1.165) is 37.2 Å². The van der Waals surface area contributed by atoms with E-state index in [2.05, 4.69) is 15.0 Å². The SMILES string of the molecule is NC(=NCc1cccc(COC2CCOCC2)c1)Nc1ccc(OC(F)(F)F)cc1. The van der Waals surface area contributed by atoms with Crippen molar-refractivity contribution in [2.24, 2.45) is 10.7 Å². The van der Waals surface area contributed by atoms with Crippen molar-refractivity contribution >= 4 is 11.6 Å². The molecule has 0 aliphatic carbocycles. The Hall–Kier alpha value is -2.78. The molecule has 162 valence electrons. The standard InChI is InChI=1S/C21H24F3N3O3/c22-21(23,24)30-19-6-4-17(5-7-19)27-20(25)26-13-15-2-1-3-16(12-15)14-29-18-8-10-28-11-9-18/h1-7,12,18H,8-11,13-14H2,(H3,25,26,27). The maximum absolute atomic E-state index is 12.2. The van der Waals surface area contributed by atoms with Crippen LogP contribution in [0.5, 0.6) is 5.75 Å². The van der Waals surface area contributed by atoms with Crippen molar-refractivity contribution in [3.8, 4) is 5.75 Å². The maximum Gasteiger partial charge on any atom is 0.573 e. The lowest BCUT2D eigenvalue weighted by molar-refractivity contribution is -0.274. The molecule has 1 saturated heterocycles. The number of rotatable bonds is 7. The highest BCUT2D eigenvalue weighted by molar-refractivity contribution is 5.92. The largest absolute Gasteiger partial charge is 0.573 e. The van der Waals surface area contributed by atoms with Gasteiger partial charge in [0.1, 0.15) is 5.75 Å². The lowest BCUT2D eigenvalue weighted by atomic mass is 10.1. The van der Waals surface area contributed by atoms with E-state index >= 15 is 0 Å². The zero-order chi connectivity index (χ0) is 21.4. The lowest BCUT2D eigenvalue weighted by Crippen LogP contribution is -2.23. The number of anilines is 1. The summed E-state index contributed by atoms with van der Waals surface area (Å²) < 4.78 is 51.7. The van der Waals surface area contributed by atoms with Gasteiger partial charge in [0.05, 0.1) is 19.3 Å². The van der Waals surface area contributed by atoms with E-state index in [1.165, 1.54) is 24.3 Å². The van der Waals surface area contributed by atoms with Crippen LogP contribution in [0.4, 0.5) is 18.9 Å². The summed E-state index contributed by atoms with van der Waals surface area (Å²) >= 11 is 0. The molecule has 0 unspecified atom stereocenters. The monoisotopic (exact) mass is 423 g/mol. The summed E-state index contributed by atoms with van der Waals surface area (Å²) in [6.07, 6.45) is -2.67. The molecular formula is C21H24F3N3O3. The molecule has 0 atom stereocenters. The van der Waals surface area contributed by atoms with Gasteiger partial charge in [0.2, 0.25) is 0 Å². The first-order chi connectivity index (χ1) is 14.4. The molecule has 3 rings (SSSR count). The Bertz CT molecular complexity index is 835. The molecule has 0 saturated carbocycles. The van der Waals surface area contributed by atoms with Crippen LogP contribution < -0.4 is 15.8 Å². The summed E-state index contributed by atoms with van der Waals surface area (Å²) in [7, 11) is 0. The van der Waals surface area contributed by atoms with E-state index in [0.29, 0.717) is 18.8 Å². The topological polar surface area (TPSA) is 78.1 Å². The van der Waals surface area contributed by atoms with Crippen molar-refractivity contribution in [1.29, 1.82) is 0 Å². The van der Waals surface area contributed by atoms with Gasteiger partial charge in [-0.25, -0.2) is 4.99 Å². The van der Waals surface area contributed by atoms with Gasteiger partial charge in [0.25, 0.3) is 0 Å². The minimum Gasteiger partial charge on any atom is -0.406 e. The Labute approximate surface area is 172 Å². The molecule has 1 fully saturated rings. The predicted octanol–water partition coefficient (Wildman–Crippen LogP) is 4.21. The lowest BCUT2D eigenvalue weighted by Gasteiger charge is -2.22. The van der Waals surface area contributed by atoms with Crippen LogP contribution in [0.1, 0.15) is 24.0 Å². The molecule has 0 radical (unpaired) electrons. The summed E-state index contributed by atoms with van der Waals surface area (Å²) in [5.74, 6) is -0.147. The molecule has 0 bridgehead atoms. The fourth-order valence-electron chi connectivity index (χ4n) is 2.98. The number of alkyl halides is 3. The second-order valence-electron chi connectivity index (χ2n) is 6.84. The van der Waals surface area contributed by atoms with Gasteiger partial charge < -0.3 is 25.3 Å². The number of guanidine groups is 1. The smallest absolute Gasteiger partial charge is 0.406 e. The third-order valence-electron chi connectivity index (χ3n) is 4.44. The predicted molar refractivity (Wildman–Crippen MR) is 107 cm³/mol. The molecule has 30 heavy (non-hydrogen) atoms. The number of nitrogens with two attached hydrogens (primary N) is 1. The van der Waals surface area contributed by atoms with Crippen molar-refractivity contribution in [3.05, 3.63) is 59.7 Å². The van der Waals surface area contributed by atoms with Crippen LogP contribution >= 0.6 is 0 Å². The van der Waals surface area contributed by atoms with Gasteiger partial charge in [-0.15, -0.1) is 13.2 Å². The Balaban J connectivity index is 1.49. The van der Waals surface area contributed by atoms with Crippen LogP contribution in [0.3, 0.4) is 0 Å². The quantitative estimate of drug-likeness (QED) is 0.515. The molecule has 2 aromatic rings. The minimum absolute atomic E-state index is 0.156. The summed E-state index contributed by atoms with van der Waals surface area (Å²) in [5.41, 5.74) is 8.41. The number of hydrogen-bond donors (Lipinski definition) is 2. The highest BCUT2D eigenvalue weighted by Gasteiger charge is 2.30. The number of benzene rings is 2. The van der Waals surface area contributed by atoms with Crippen LogP contribution in [0.15, 0.2) is 53.5 Å². The van der Waals surface area contributed by atoms with Crippen molar-refractivity contribution in [2.75, 3.05) is 18.5 Å². The Morgan fingerprint density at radius 2 is 1.80 bits per heavy atom. The Morgan fingerprint density at radius 1 is 1.10 bits per heavy atom. The highest BCUT2D eigenvalue weighted by Crippen LogP contribution is 2.24. The first kappa shape index (κ1) is 21.9. The van der Waals surface area contributed by atoms with Crippen LogP contribution in [-0.4, -0.2) is 31.6 Å². The van der Waals surface area contributed by atoms with E-state index in [1.54, 1.807) is 0 Å². The van der Waals surface area contributed by atoms with E-state index in [-0.39, 0.29) is 17.8 Å². The summed E-state index contributed by atoms with van der Waals surface area (Å²) in [6.45, 7) is 2.37. The van der Waals surface area contributed by atoms with Gasteiger partial charge >= 0.3 is 6.36 Å². The molecular weight excluding hydrogens is 399 g/mol. The average Bonchev–Trinajstić information content (AvgIpc) is 2.72. The van der Waals surface area contributed by atoms with Gasteiger partial charge in [-0.1, -0.05) is 24.3 Å². The Kier molecular flexibility index (Phi) is 7.53. The normalized spacial score (nSPS) is 15.8. The molecule has 1 aliphatic rings. The zero-order valence-electron chi connectivity index (χ0n) is 16.3. The van der Waals surface area contributed by atoms with E-state index in [1.807, 2.05) is 24.3 Å². The highest BCUT2D eigenvalue weighted by atomic mass is 19.4. The third-order valence-corrected chi connectivity index (χ3v) is 4.44. The van der Waals surface area contributed by atoms with Gasteiger partial charge in [0.15, 0.2) is 5.96 Å². The second kappa shape index (κ2) is 10.3. The second-order valence-corrected chi connectivity index (χ2v) is 6.84. The van der Waals surface area contributed by atoms with Crippen LogP contribution in [0, 0.1) is 0 Å². The summed E-state index contributed by atoms with van der Waals surface area (Å²) in [5, 5.41) is 2.84. The Morgan fingerprint density at radius 3 is 2.50 bits per heavy atom. The molecule has 0 amide bonds. The fourth-order valence-corrected chi connectivity index (χ4v) is 2.98. The number of nitrogens with zero attached hydrogens (tertiary/aromatic N) is 1. The van der Waals surface area contributed by atoms with Crippen molar-refractivity contribution in [1.82, 2.24) is 0 Å². The first-order valence-electron chi connectivity index (χ1n) is 9.57. The molecule has 3 N–H and O–H groups in total. The minimum atomic E-state index is -4.72. The van der Waals surface area contributed by atoms with Crippen molar-refractivity contribution < 1.29 is 27.4 Å². The number of ether oxygens (including phenoxy) is 3. The van der Waals surface area contributed by atoms with E-state index in [9.17, 15) is 13.2 Å². The van der Waals surface area contributed by atoms with E-state index in [4.69, 9.17) is 15.2 Å². The van der Waals surface area contributed by atoms with Gasteiger partial charge in [-0.3, -0.25) is 0 Å². The van der Waals surface area contributed by atoms with Crippen LogP contribution in [0.2, 0.25) is 0 Å².